The van der Waals surface area contributed by atoms with Gasteiger partial charge in [0, 0.05) is 11.9 Å². The van der Waals surface area contributed by atoms with Crippen LogP contribution in [-0.2, 0) is 9.84 Å². The molecule has 0 bridgehead atoms. The molecule has 2 N–H and O–H groups in total. The molecule has 0 aliphatic heterocycles. The molecule has 0 heterocycles. The highest BCUT2D eigenvalue weighted by Crippen LogP contribution is 2.20. The van der Waals surface area contributed by atoms with E-state index in [0.29, 0.717) is 10.0 Å². The van der Waals surface area contributed by atoms with E-state index in [0.717, 1.165) is 23.4 Å². The molecule has 0 radical (unpaired) electrons. The van der Waals surface area contributed by atoms with Gasteiger partial charge in [-0.15, -0.1) is 0 Å². The molecule has 0 aliphatic rings. The number of hydrogen-bond acceptors (Lipinski definition) is 4. The maximum absolute atomic E-state index is 11.6. The van der Waals surface area contributed by atoms with Gasteiger partial charge in [-0.25, -0.2) is 8.42 Å². The van der Waals surface area contributed by atoms with Crippen molar-refractivity contribution in [2.24, 2.45) is 0 Å². The maximum Gasteiger partial charge on any atom is 0.175 e. The van der Waals surface area contributed by atoms with Crippen molar-refractivity contribution < 1.29 is 13.2 Å². The van der Waals surface area contributed by atoms with Crippen molar-refractivity contribution in [1.29, 1.82) is 0 Å². The second-order valence-corrected chi connectivity index (χ2v) is 8.05. The smallest absolute Gasteiger partial charge is 0.175 e. The Labute approximate surface area is 154 Å². The Morgan fingerprint density at radius 3 is 2.20 bits per heavy atom. The van der Waals surface area contributed by atoms with Gasteiger partial charge < -0.3 is 15.4 Å². The number of rotatable bonds is 6. The third-order valence-corrected chi connectivity index (χ3v) is 5.12. The van der Waals surface area contributed by atoms with E-state index in [1.54, 1.807) is 19.2 Å². The van der Waals surface area contributed by atoms with Crippen LogP contribution >= 0.6 is 12.2 Å². The van der Waals surface area contributed by atoms with Crippen molar-refractivity contribution in [3.8, 4) is 5.75 Å². The zero-order valence-corrected chi connectivity index (χ0v) is 16.1. The molecular weight excluding hydrogens is 356 g/mol. The molecule has 25 heavy (non-hydrogen) atoms. The average molecular weight is 379 g/mol. The zero-order valence-electron chi connectivity index (χ0n) is 14.4. The van der Waals surface area contributed by atoms with Crippen molar-refractivity contribution >= 4 is 32.9 Å². The van der Waals surface area contributed by atoms with Crippen molar-refractivity contribution in [2.75, 3.05) is 18.7 Å². The number of methoxy groups -OCH3 is 1. The third-order valence-electron chi connectivity index (χ3n) is 3.77. The fraction of sp³-hybridized carbons (Fsp3) is 0.278. The van der Waals surface area contributed by atoms with E-state index < -0.39 is 9.84 Å². The molecule has 0 amide bonds. The highest BCUT2D eigenvalue weighted by molar-refractivity contribution is 7.90. The predicted molar refractivity (Wildman–Crippen MR) is 105 cm³/mol. The largest absolute Gasteiger partial charge is 0.497 e. The van der Waals surface area contributed by atoms with Crippen LogP contribution in [0.25, 0.3) is 0 Å². The van der Waals surface area contributed by atoms with Gasteiger partial charge in [0.1, 0.15) is 5.75 Å². The number of nitrogens with one attached hydrogen (secondary N) is 2. The minimum absolute atomic E-state index is 0.00754. The quantitative estimate of drug-likeness (QED) is 0.750. The van der Waals surface area contributed by atoms with Gasteiger partial charge in [-0.3, -0.25) is 0 Å². The minimum Gasteiger partial charge on any atom is -0.497 e. The van der Waals surface area contributed by atoms with Crippen LogP contribution in [0.1, 0.15) is 24.9 Å². The van der Waals surface area contributed by atoms with Gasteiger partial charge in [0.15, 0.2) is 14.9 Å². The molecule has 5 nitrogen and oxygen atoms in total. The van der Waals surface area contributed by atoms with Crippen LogP contribution in [0.3, 0.4) is 0 Å². The van der Waals surface area contributed by atoms with Crippen LogP contribution in [0.5, 0.6) is 5.75 Å². The van der Waals surface area contributed by atoms with Gasteiger partial charge in [0.05, 0.1) is 18.0 Å². The summed E-state index contributed by atoms with van der Waals surface area (Å²) in [5.74, 6) is 0.779. The lowest BCUT2D eigenvalue weighted by molar-refractivity contribution is 0.415. The number of anilines is 1. The van der Waals surface area contributed by atoms with Gasteiger partial charge in [-0.1, -0.05) is 19.1 Å². The second-order valence-electron chi connectivity index (χ2n) is 5.63. The highest BCUT2D eigenvalue weighted by Gasteiger charge is 2.13. The van der Waals surface area contributed by atoms with E-state index in [4.69, 9.17) is 17.0 Å². The SMILES string of the molecule is CCC(NC(=S)Nc1ccc(OC)cc1)c1ccc(S(C)(=O)=O)cc1. The molecule has 1 atom stereocenters. The van der Waals surface area contributed by atoms with E-state index in [2.05, 4.69) is 10.6 Å². The summed E-state index contributed by atoms with van der Waals surface area (Å²) in [7, 11) is -1.57. The summed E-state index contributed by atoms with van der Waals surface area (Å²) in [6.07, 6.45) is 2.01. The lowest BCUT2D eigenvalue weighted by Crippen LogP contribution is -2.32. The molecule has 0 saturated heterocycles. The molecule has 0 spiro atoms. The molecule has 2 aromatic carbocycles. The molecule has 0 fully saturated rings. The van der Waals surface area contributed by atoms with Gasteiger partial charge in [0.25, 0.3) is 0 Å². The second kappa shape index (κ2) is 8.31. The van der Waals surface area contributed by atoms with Crippen molar-refractivity contribution in [3.05, 3.63) is 54.1 Å². The Balaban J connectivity index is 2.03. The molecule has 0 saturated carbocycles. The predicted octanol–water partition coefficient (Wildman–Crippen LogP) is 3.54. The summed E-state index contributed by atoms with van der Waals surface area (Å²) in [4.78, 5) is 0.310. The summed E-state index contributed by atoms with van der Waals surface area (Å²) < 4.78 is 28.2. The summed E-state index contributed by atoms with van der Waals surface area (Å²) in [6, 6.07) is 14.3. The lowest BCUT2D eigenvalue weighted by Gasteiger charge is -2.20. The monoisotopic (exact) mass is 378 g/mol. The van der Waals surface area contributed by atoms with Crippen molar-refractivity contribution in [1.82, 2.24) is 5.32 Å². The lowest BCUT2D eigenvalue weighted by atomic mass is 10.1. The van der Waals surface area contributed by atoms with E-state index >= 15 is 0 Å². The Morgan fingerprint density at radius 1 is 1.12 bits per heavy atom. The van der Waals surface area contributed by atoms with Gasteiger partial charge in [-0.2, -0.15) is 0 Å². The first kappa shape index (κ1) is 19.2. The molecule has 7 heteroatoms. The van der Waals surface area contributed by atoms with Gasteiger partial charge in [-0.05, 0) is 60.6 Å². The van der Waals surface area contributed by atoms with Crippen LogP contribution in [0.15, 0.2) is 53.4 Å². The van der Waals surface area contributed by atoms with Crippen molar-refractivity contribution in [3.63, 3.8) is 0 Å². The Kier molecular flexibility index (Phi) is 6.39. The summed E-state index contributed by atoms with van der Waals surface area (Å²) in [5, 5.41) is 6.89. The molecule has 134 valence electrons. The number of hydrogen-bond donors (Lipinski definition) is 2. The molecule has 0 aromatic heterocycles. The Morgan fingerprint density at radius 2 is 1.72 bits per heavy atom. The number of benzene rings is 2. The highest BCUT2D eigenvalue weighted by atomic mass is 32.2. The van der Waals surface area contributed by atoms with Crippen LogP contribution in [0.2, 0.25) is 0 Å². The molecular formula is C18H22N2O3S2. The zero-order chi connectivity index (χ0) is 18.4. The van der Waals surface area contributed by atoms with Crippen LogP contribution in [0.4, 0.5) is 5.69 Å². The van der Waals surface area contributed by atoms with Crippen LogP contribution in [0, 0.1) is 0 Å². The van der Waals surface area contributed by atoms with Crippen LogP contribution < -0.4 is 15.4 Å². The number of ether oxygens (including phenoxy) is 1. The maximum atomic E-state index is 11.6. The number of thiocarbonyl (C=S) groups is 1. The van der Waals surface area contributed by atoms with E-state index in [1.807, 2.05) is 43.3 Å². The molecule has 2 aromatic rings. The Bertz CT molecular complexity index is 816. The molecule has 0 aliphatic carbocycles. The first-order valence-corrected chi connectivity index (χ1v) is 10.1. The first-order valence-electron chi connectivity index (χ1n) is 7.85. The fourth-order valence-electron chi connectivity index (χ4n) is 2.37. The molecule has 2 rings (SSSR count). The van der Waals surface area contributed by atoms with E-state index in [-0.39, 0.29) is 6.04 Å². The third kappa shape index (κ3) is 5.44. The minimum atomic E-state index is -3.19. The number of sulfone groups is 1. The van der Waals surface area contributed by atoms with Gasteiger partial charge in [0.2, 0.25) is 0 Å². The fourth-order valence-corrected chi connectivity index (χ4v) is 3.26. The van der Waals surface area contributed by atoms with Crippen molar-refractivity contribution in [2.45, 2.75) is 24.3 Å². The standard InChI is InChI=1S/C18H22N2O3S2/c1-4-17(13-5-11-16(12-6-13)25(3,21)22)20-18(24)19-14-7-9-15(23-2)10-8-14/h5-12,17H,4H2,1-3H3,(H2,19,20,24). The Hall–Kier alpha value is -2.12. The normalized spacial score (nSPS) is 12.3. The summed E-state index contributed by atoms with van der Waals surface area (Å²) in [6.45, 7) is 2.04. The summed E-state index contributed by atoms with van der Waals surface area (Å²) >= 11 is 5.38. The average Bonchev–Trinajstić information content (AvgIpc) is 2.59. The van der Waals surface area contributed by atoms with E-state index in [1.165, 1.54) is 6.26 Å². The topological polar surface area (TPSA) is 67.4 Å². The van der Waals surface area contributed by atoms with Crippen LogP contribution in [-0.4, -0.2) is 26.9 Å². The summed E-state index contributed by atoms with van der Waals surface area (Å²) in [5.41, 5.74) is 1.84. The van der Waals surface area contributed by atoms with Gasteiger partial charge >= 0.3 is 0 Å². The first-order chi connectivity index (χ1) is 11.8. The molecule has 1 unspecified atom stereocenters. The van der Waals surface area contributed by atoms with E-state index in [9.17, 15) is 8.42 Å².